The van der Waals surface area contributed by atoms with E-state index in [1.165, 1.54) is 20.2 Å². The predicted octanol–water partition coefficient (Wildman–Crippen LogP) is 9.79. The largest absolute Gasteiger partial charge is 0.456 e. The number of aromatic nitrogens is 3. The van der Waals surface area contributed by atoms with Gasteiger partial charge in [0.15, 0.2) is 11.6 Å². The Morgan fingerprint density at radius 2 is 1.26 bits per heavy atom. The first kappa shape index (κ1) is 22.4. The van der Waals surface area contributed by atoms with E-state index in [0.29, 0.717) is 11.6 Å². The van der Waals surface area contributed by atoms with Crippen LogP contribution in [0, 0.1) is 0 Å². The Hall–Kier alpha value is -4.58. The molecule has 5 aromatic carbocycles. The third-order valence-electron chi connectivity index (χ3n) is 7.08. The normalized spacial score (nSPS) is 11.7. The minimum Gasteiger partial charge on any atom is -0.456 e. The van der Waals surface area contributed by atoms with Crippen LogP contribution in [0.1, 0.15) is 0 Å². The molecule has 0 saturated heterocycles. The molecule has 6 heteroatoms. The number of rotatable bonds is 3. The Bertz CT molecular complexity index is 2220. The summed E-state index contributed by atoms with van der Waals surface area (Å²) in [5.74, 6) is 1.04. The second kappa shape index (κ2) is 8.73. The smallest absolute Gasteiger partial charge is 0.226 e. The highest BCUT2D eigenvalue weighted by Gasteiger charge is 2.17. The Morgan fingerprint density at radius 3 is 2.21 bits per heavy atom. The molecule has 184 valence electrons. The van der Waals surface area contributed by atoms with E-state index in [0.717, 1.165) is 44.2 Å². The lowest BCUT2D eigenvalue weighted by atomic mass is 10.0. The molecule has 0 saturated carbocycles. The van der Waals surface area contributed by atoms with E-state index in [4.69, 9.17) is 21.0 Å². The minimum absolute atomic E-state index is 0.150. The minimum atomic E-state index is 0.150. The van der Waals surface area contributed by atoms with E-state index >= 15 is 0 Å². The van der Waals surface area contributed by atoms with Gasteiger partial charge in [-0.25, -0.2) is 4.98 Å². The number of thiophene rings is 1. The fourth-order valence-corrected chi connectivity index (χ4v) is 6.61. The molecular weight excluding hydrogens is 522 g/mol. The first-order valence-electron chi connectivity index (χ1n) is 12.6. The summed E-state index contributed by atoms with van der Waals surface area (Å²) in [4.78, 5) is 13.9. The fraction of sp³-hybridized carbons (Fsp3) is 0. The number of hydrogen-bond acceptors (Lipinski definition) is 5. The monoisotopic (exact) mass is 539 g/mol. The van der Waals surface area contributed by atoms with Gasteiger partial charge in [-0.3, -0.25) is 0 Å². The van der Waals surface area contributed by atoms with Gasteiger partial charge in [0.25, 0.3) is 0 Å². The highest BCUT2D eigenvalue weighted by atomic mass is 35.5. The summed E-state index contributed by atoms with van der Waals surface area (Å²) in [6, 6.07) is 37.3. The molecule has 4 nitrogen and oxygen atoms in total. The lowest BCUT2D eigenvalue weighted by Gasteiger charge is -2.08. The maximum absolute atomic E-state index is 6.47. The van der Waals surface area contributed by atoms with Crippen LogP contribution in [-0.4, -0.2) is 15.0 Å². The zero-order valence-electron chi connectivity index (χ0n) is 20.4. The number of furan rings is 1. The molecule has 39 heavy (non-hydrogen) atoms. The standard InChI is InChI=1S/C33H18ClN3OS/c34-33-36-31(35-32(37-33)25-11-6-13-27-30(25)24-10-1-3-12-26(24)38-27)21-8-5-7-19(17-21)20-15-16-23-22-9-2-4-14-28(22)39-29(23)18-20/h1-18H. The van der Waals surface area contributed by atoms with Crippen LogP contribution in [0.2, 0.25) is 5.28 Å². The van der Waals surface area contributed by atoms with E-state index in [2.05, 4.69) is 64.6 Å². The van der Waals surface area contributed by atoms with Crippen molar-refractivity contribution in [3.8, 4) is 33.9 Å². The molecular formula is C33H18ClN3OS. The van der Waals surface area contributed by atoms with Gasteiger partial charge >= 0.3 is 0 Å². The Labute approximate surface area is 232 Å². The second-order valence-electron chi connectivity index (χ2n) is 9.42. The van der Waals surface area contributed by atoms with Gasteiger partial charge in [-0.1, -0.05) is 78.9 Å². The summed E-state index contributed by atoms with van der Waals surface area (Å²) in [6.07, 6.45) is 0. The molecule has 8 rings (SSSR count). The van der Waals surface area contributed by atoms with Gasteiger partial charge in [0.2, 0.25) is 5.28 Å². The Balaban J connectivity index is 1.25. The first-order chi connectivity index (χ1) is 19.2. The molecule has 0 atom stereocenters. The van der Waals surface area contributed by atoms with Crippen molar-refractivity contribution in [2.75, 3.05) is 0 Å². The van der Waals surface area contributed by atoms with Gasteiger partial charge in [-0.15, -0.1) is 11.3 Å². The van der Waals surface area contributed by atoms with Crippen LogP contribution in [0.3, 0.4) is 0 Å². The third kappa shape index (κ3) is 3.70. The summed E-state index contributed by atoms with van der Waals surface area (Å²) in [5, 5.41) is 4.71. The first-order valence-corrected chi connectivity index (χ1v) is 13.7. The highest BCUT2D eigenvalue weighted by Crippen LogP contribution is 2.38. The summed E-state index contributed by atoms with van der Waals surface area (Å²) in [5.41, 5.74) is 5.57. The average Bonchev–Trinajstić information content (AvgIpc) is 3.55. The van der Waals surface area contributed by atoms with Gasteiger partial charge < -0.3 is 4.42 Å². The van der Waals surface area contributed by atoms with Crippen LogP contribution in [0.15, 0.2) is 114 Å². The summed E-state index contributed by atoms with van der Waals surface area (Å²) >= 11 is 8.29. The molecule has 0 N–H and O–H groups in total. The number of para-hydroxylation sites is 1. The van der Waals surface area contributed by atoms with Gasteiger partial charge in [0.1, 0.15) is 11.2 Å². The zero-order valence-corrected chi connectivity index (χ0v) is 22.0. The molecule has 0 aliphatic heterocycles. The molecule has 0 amide bonds. The molecule has 0 fully saturated rings. The summed E-state index contributed by atoms with van der Waals surface area (Å²) < 4.78 is 8.64. The van der Waals surface area contributed by atoms with Crippen molar-refractivity contribution in [2.45, 2.75) is 0 Å². The quantitative estimate of drug-likeness (QED) is 0.224. The van der Waals surface area contributed by atoms with Crippen molar-refractivity contribution in [1.82, 2.24) is 15.0 Å². The Morgan fingerprint density at radius 1 is 0.538 bits per heavy atom. The van der Waals surface area contributed by atoms with Crippen LogP contribution in [0.5, 0.6) is 0 Å². The fourth-order valence-electron chi connectivity index (χ4n) is 5.30. The lowest BCUT2D eigenvalue weighted by Crippen LogP contribution is -1.97. The SMILES string of the molecule is Clc1nc(-c2cccc(-c3ccc4c(c3)sc3ccccc34)c2)nc(-c2cccc3oc4ccccc4c23)n1. The van der Waals surface area contributed by atoms with Crippen molar-refractivity contribution in [2.24, 2.45) is 0 Å². The number of fused-ring (bicyclic) bond motifs is 6. The van der Waals surface area contributed by atoms with Gasteiger partial charge in [0.05, 0.1) is 0 Å². The third-order valence-corrected chi connectivity index (χ3v) is 8.39. The summed E-state index contributed by atoms with van der Waals surface area (Å²) in [7, 11) is 0. The van der Waals surface area contributed by atoms with Crippen LogP contribution in [0.25, 0.3) is 76.0 Å². The van der Waals surface area contributed by atoms with Gasteiger partial charge in [0, 0.05) is 42.1 Å². The summed E-state index contributed by atoms with van der Waals surface area (Å²) in [6.45, 7) is 0. The number of nitrogens with zero attached hydrogens (tertiary/aromatic N) is 3. The van der Waals surface area contributed by atoms with Crippen LogP contribution < -0.4 is 0 Å². The highest BCUT2D eigenvalue weighted by molar-refractivity contribution is 7.25. The molecule has 0 spiro atoms. The second-order valence-corrected chi connectivity index (χ2v) is 10.8. The van der Waals surface area contributed by atoms with Crippen molar-refractivity contribution in [1.29, 1.82) is 0 Å². The molecule has 8 aromatic rings. The topological polar surface area (TPSA) is 51.8 Å². The van der Waals surface area contributed by atoms with E-state index in [-0.39, 0.29) is 5.28 Å². The van der Waals surface area contributed by atoms with E-state index in [1.54, 1.807) is 0 Å². The molecule has 3 heterocycles. The van der Waals surface area contributed by atoms with E-state index < -0.39 is 0 Å². The lowest BCUT2D eigenvalue weighted by molar-refractivity contribution is 0.669. The van der Waals surface area contributed by atoms with Crippen molar-refractivity contribution < 1.29 is 4.42 Å². The van der Waals surface area contributed by atoms with Crippen molar-refractivity contribution in [3.63, 3.8) is 0 Å². The molecule has 3 aromatic heterocycles. The molecule has 0 radical (unpaired) electrons. The maximum atomic E-state index is 6.47. The molecule has 0 aliphatic carbocycles. The van der Waals surface area contributed by atoms with Crippen molar-refractivity contribution >= 4 is 65.0 Å². The van der Waals surface area contributed by atoms with Gasteiger partial charge in [-0.2, -0.15) is 9.97 Å². The maximum Gasteiger partial charge on any atom is 0.226 e. The molecule has 0 unspecified atom stereocenters. The molecule has 0 bridgehead atoms. The van der Waals surface area contributed by atoms with E-state index in [1.807, 2.05) is 65.9 Å². The Kier molecular flexibility index (Phi) is 5.02. The van der Waals surface area contributed by atoms with Crippen LogP contribution in [0.4, 0.5) is 0 Å². The average molecular weight is 540 g/mol. The van der Waals surface area contributed by atoms with Crippen LogP contribution in [-0.2, 0) is 0 Å². The van der Waals surface area contributed by atoms with Crippen molar-refractivity contribution in [3.05, 3.63) is 114 Å². The number of hydrogen-bond donors (Lipinski definition) is 0. The van der Waals surface area contributed by atoms with Gasteiger partial charge in [-0.05, 0) is 53.1 Å². The number of halogens is 1. The van der Waals surface area contributed by atoms with Crippen LogP contribution >= 0.6 is 22.9 Å². The van der Waals surface area contributed by atoms with E-state index in [9.17, 15) is 0 Å². The number of benzene rings is 5. The predicted molar refractivity (Wildman–Crippen MR) is 161 cm³/mol. The zero-order chi connectivity index (χ0) is 25.9. The molecule has 0 aliphatic rings.